The van der Waals surface area contributed by atoms with Crippen molar-refractivity contribution in [2.24, 2.45) is 5.92 Å². The Morgan fingerprint density at radius 1 is 0.967 bits per heavy atom. The highest BCUT2D eigenvalue weighted by molar-refractivity contribution is 5.93. The largest absolute Gasteiger partial charge is 0.433 e. The fourth-order valence-electron chi connectivity index (χ4n) is 4.74. The second-order valence-electron chi connectivity index (χ2n) is 8.70. The molecule has 4 rings (SSSR count). The molecular weight excluding hydrogens is 393 g/mol. The molecule has 0 radical (unpaired) electrons. The lowest BCUT2D eigenvalue weighted by molar-refractivity contribution is -0.142. The van der Waals surface area contributed by atoms with Crippen LogP contribution in [0.3, 0.4) is 0 Å². The molecule has 2 aromatic rings. The Kier molecular flexibility index (Phi) is 6.29. The van der Waals surface area contributed by atoms with Crippen LogP contribution in [0.15, 0.2) is 12.1 Å². The molecule has 5 nitrogen and oxygen atoms in total. The molecule has 1 saturated carbocycles. The summed E-state index contributed by atoms with van der Waals surface area (Å²) in [5.41, 5.74) is -0.272. The molecule has 0 atom stereocenters. The maximum atomic E-state index is 13.8. The molecule has 1 saturated heterocycles. The lowest BCUT2D eigenvalue weighted by Gasteiger charge is -2.23. The Morgan fingerprint density at radius 3 is 2.27 bits per heavy atom. The Bertz CT molecular complexity index is 878. The molecule has 0 unspecified atom stereocenters. The zero-order valence-corrected chi connectivity index (χ0v) is 17.3. The van der Waals surface area contributed by atoms with E-state index in [2.05, 4.69) is 10.1 Å². The van der Waals surface area contributed by atoms with Crippen LogP contribution in [-0.4, -0.2) is 38.5 Å². The third-order valence-electron chi connectivity index (χ3n) is 6.36. The van der Waals surface area contributed by atoms with E-state index in [0.717, 1.165) is 61.9 Å². The van der Waals surface area contributed by atoms with E-state index in [4.69, 9.17) is 0 Å². The zero-order chi connectivity index (χ0) is 21.1. The summed E-state index contributed by atoms with van der Waals surface area (Å²) in [7, 11) is 0. The van der Waals surface area contributed by atoms with Crippen molar-refractivity contribution >= 4 is 11.6 Å². The number of carbonyl (C=O) groups excluding carboxylic acids is 1. The van der Waals surface area contributed by atoms with Crippen LogP contribution in [0.25, 0.3) is 5.65 Å². The van der Waals surface area contributed by atoms with Gasteiger partial charge in [0.1, 0.15) is 5.69 Å². The topological polar surface area (TPSA) is 50.5 Å². The summed E-state index contributed by atoms with van der Waals surface area (Å²) in [4.78, 5) is 19.1. The fraction of sp³-hybridized carbons (Fsp3) is 0.682. The first kappa shape index (κ1) is 21.1. The third kappa shape index (κ3) is 4.78. The molecule has 2 fully saturated rings. The van der Waals surface area contributed by atoms with E-state index in [1.807, 2.05) is 0 Å². The van der Waals surface area contributed by atoms with Crippen LogP contribution in [-0.2, 0) is 12.6 Å². The SMILES string of the molecule is O=C(c1cc2nc(CC3CCCCC3)cc(C(F)(F)F)n2n1)N1CCCCCCC1. The van der Waals surface area contributed by atoms with E-state index >= 15 is 0 Å². The normalized spacial score (nSPS) is 19.6. The molecule has 0 bridgehead atoms. The number of hydrogen-bond acceptors (Lipinski definition) is 3. The van der Waals surface area contributed by atoms with Gasteiger partial charge < -0.3 is 4.90 Å². The first-order chi connectivity index (χ1) is 14.4. The lowest BCUT2D eigenvalue weighted by atomic mass is 9.86. The van der Waals surface area contributed by atoms with Gasteiger partial charge in [-0.1, -0.05) is 51.4 Å². The van der Waals surface area contributed by atoms with Gasteiger partial charge in [0.2, 0.25) is 0 Å². The number of alkyl halides is 3. The van der Waals surface area contributed by atoms with E-state index < -0.39 is 11.9 Å². The monoisotopic (exact) mass is 422 g/mol. The standard InChI is InChI=1S/C22H29F3N4O/c23-22(24,25)19-14-17(13-16-9-5-4-6-10-16)26-20-15-18(27-29(19)20)21(30)28-11-7-2-1-3-8-12-28/h14-16H,1-13H2. The number of carbonyl (C=O) groups is 1. The summed E-state index contributed by atoms with van der Waals surface area (Å²) in [6.45, 7) is 1.25. The van der Waals surface area contributed by atoms with Gasteiger partial charge in [-0.2, -0.15) is 18.3 Å². The van der Waals surface area contributed by atoms with Crippen molar-refractivity contribution in [2.75, 3.05) is 13.1 Å². The quantitative estimate of drug-likeness (QED) is 0.676. The zero-order valence-electron chi connectivity index (χ0n) is 17.3. The number of aromatic nitrogens is 3. The summed E-state index contributed by atoms with van der Waals surface area (Å²) in [5, 5.41) is 4.04. The number of nitrogens with zero attached hydrogens (tertiary/aromatic N) is 4. The van der Waals surface area contributed by atoms with Crippen molar-refractivity contribution in [3.63, 3.8) is 0 Å². The van der Waals surface area contributed by atoms with Crippen molar-refractivity contribution in [2.45, 2.75) is 76.8 Å². The predicted octanol–water partition coefficient (Wildman–Crippen LogP) is 5.28. The highest BCUT2D eigenvalue weighted by Crippen LogP contribution is 2.32. The second-order valence-corrected chi connectivity index (χ2v) is 8.70. The van der Waals surface area contributed by atoms with Crippen LogP contribution in [0.4, 0.5) is 13.2 Å². The minimum atomic E-state index is -4.56. The summed E-state index contributed by atoms with van der Waals surface area (Å²) in [6, 6.07) is 2.53. The Hall–Kier alpha value is -2.12. The maximum absolute atomic E-state index is 13.8. The van der Waals surface area contributed by atoms with Gasteiger partial charge in [0.05, 0.1) is 0 Å². The number of halogens is 3. The number of fused-ring (bicyclic) bond motifs is 1. The van der Waals surface area contributed by atoms with Gasteiger partial charge in [0, 0.05) is 24.8 Å². The van der Waals surface area contributed by atoms with Gasteiger partial charge in [-0.05, 0) is 31.2 Å². The molecule has 0 aromatic carbocycles. The molecule has 30 heavy (non-hydrogen) atoms. The maximum Gasteiger partial charge on any atom is 0.433 e. The lowest BCUT2D eigenvalue weighted by Crippen LogP contribution is -2.34. The molecular formula is C22H29F3N4O. The van der Waals surface area contributed by atoms with Gasteiger partial charge in [-0.15, -0.1) is 0 Å². The molecule has 2 aliphatic rings. The average molecular weight is 422 g/mol. The van der Waals surface area contributed by atoms with Crippen molar-refractivity contribution in [1.82, 2.24) is 19.5 Å². The Morgan fingerprint density at radius 2 is 1.60 bits per heavy atom. The van der Waals surface area contributed by atoms with Crippen LogP contribution in [0, 0.1) is 5.92 Å². The molecule has 3 heterocycles. The van der Waals surface area contributed by atoms with E-state index in [0.29, 0.717) is 31.1 Å². The van der Waals surface area contributed by atoms with Crippen molar-refractivity contribution in [3.8, 4) is 0 Å². The highest BCUT2D eigenvalue weighted by atomic mass is 19.4. The second kappa shape index (κ2) is 8.94. The van der Waals surface area contributed by atoms with Crippen LogP contribution in [0.2, 0.25) is 0 Å². The minimum Gasteiger partial charge on any atom is -0.337 e. The van der Waals surface area contributed by atoms with Crippen LogP contribution >= 0.6 is 0 Å². The smallest absolute Gasteiger partial charge is 0.337 e. The molecule has 1 aliphatic heterocycles. The Labute approximate surface area is 174 Å². The summed E-state index contributed by atoms with van der Waals surface area (Å²) < 4.78 is 42.1. The van der Waals surface area contributed by atoms with Gasteiger partial charge in [0.25, 0.3) is 5.91 Å². The van der Waals surface area contributed by atoms with Crippen LogP contribution < -0.4 is 0 Å². The summed E-state index contributed by atoms with van der Waals surface area (Å²) in [5.74, 6) is 0.0733. The molecule has 8 heteroatoms. The van der Waals surface area contributed by atoms with Gasteiger partial charge >= 0.3 is 6.18 Å². The molecule has 0 N–H and O–H groups in total. The van der Waals surface area contributed by atoms with Crippen molar-refractivity contribution in [3.05, 3.63) is 29.2 Å². The molecule has 0 spiro atoms. The number of rotatable bonds is 3. The molecule has 1 aliphatic carbocycles. The molecule has 164 valence electrons. The first-order valence-corrected chi connectivity index (χ1v) is 11.2. The molecule has 1 amide bonds. The number of amides is 1. The van der Waals surface area contributed by atoms with Gasteiger partial charge in [-0.25, -0.2) is 9.50 Å². The Balaban J connectivity index is 1.64. The van der Waals surface area contributed by atoms with E-state index in [1.54, 1.807) is 4.90 Å². The third-order valence-corrected chi connectivity index (χ3v) is 6.36. The number of hydrogen-bond donors (Lipinski definition) is 0. The summed E-state index contributed by atoms with van der Waals surface area (Å²) in [6.07, 6.45) is 6.63. The summed E-state index contributed by atoms with van der Waals surface area (Å²) >= 11 is 0. The minimum absolute atomic E-state index is 0.0448. The fourth-order valence-corrected chi connectivity index (χ4v) is 4.74. The van der Waals surface area contributed by atoms with Crippen LogP contribution in [0.1, 0.15) is 86.1 Å². The first-order valence-electron chi connectivity index (χ1n) is 11.2. The highest BCUT2D eigenvalue weighted by Gasteiger charge is 2.36. The van der Waals surface area contributed by atoms with E-state index in [1.165, 1.54) is 18.9 Å². The van der Waals surface area contributed by atoms with Crippen molar-refractivity contribution in [1.29, 1.82) is 0 Å². The average Bonchev–Trinajstić information content (AvgIpc) is 3.10. The van der Waals surface area contributed by atoms with Crippen LogP contribution in [0.5, 0.6) is 0 Å². The van der Waals surface area contributed by atoms with Gasteiger partial charge in [-0.3, -0.25) is 4.79 Å². The van der Waals surface area contributed by atoms with E-state index in [-0.39, 0.29) is 17.2 Å². The molecule has 2 aromatic heterocycles. The predicted molar refractivity (Wildman–Crippen MR) is 107 cm³/mol. The van der Waals surface area contributed by atoms with Gasteiger partial charge in [0.15, 0.2) is 11.3 Å². The van der Waals surface area contributed by atoms with Crippen molar-refractivity contribution < 1.29 is 18.0 Å². The van der Waals surface area contributed by atoms with E-state index in [9.17, 15) is 18.0 Å². The number of likely N-dealkylation sites (tertiary alicyclic amines) is 1.